The molecule has 0 spiro atoms. The fourth-order valence-electron chi connectivity index (χ4n) is 1.78. The van der Waals surface area contributed by atoms with Gasteiger partial charge in [0, 0.05) is 23.7 Å². The second kappa shape index (κ2) is 3.32. The van der Waals surface area contributed by atoms with Crippen LogP contribution < -0.4 is 11.2 Å². The van der Waals surface area contributed by atoms with Crippen LogP contribution in [0.15, 0.2) is 21.9 Å². The van der Waals surface area contributed by atoms with E-state index in [0.717, 1.165) is 0 Å². The maximum absolute atomic E-state index is 11.4. The fraction of sp³-hybridized carbons (Fsp3) is 0.556. The summed E-state index contributed by atoms with van der Waals surface area (Å²) in [5.41, 5.74) is -1.56. The molecule has 0 amide bonds. The minimum absolute atomic E-state index is 0.167. The Morgan fingerprint density at radius 1 is 1.47 bits per heavy atom. The molecule has 0 radical (unpaired) electrons. The van der Waals surface area contributed by atoms with Gasteiger partial charge in [-0.15, -0.1) is 0 Å². The molecule has 3 N–H and O–H groups in total. The molecule has 0 aliphatic heterocycles. The first-order chi connectivity index (χ1) is 7.13. The van der Waals surface area contributed by atoms with E-state index in [1.54, 1.807) is 0 Å². The maximum atomic E-state index is 11.4. The van der Waals surface area contributed by atoms with E-state index in [2.05, 4.69) is 4.98 Å². The Hall–Kier alpha value is -1.40. The standard InChI is InChI=1S/C9H12N2O4/c12-4-9(5-13)3-6(9)11-2-1-7(14)10-8(11)15/h1-2,6,12-13H,3-5H2,(H,10,14,15). The van der Waals surface area contributed by atoms with Gasteiger partial charge in [-0.1, -0.05) is 0 Å². The van der Waals surface area contributed by atoms with Gasteiger partial charge in [0.1, 0.15) is 0 Å². The molecule has 1 saturated carbocycles. The van der Waals surface area contributed by atoms with Crippen LogP contribution in [0.1, 0.15) is 12.5 Å². The van der Waals surface area contributed by atoms with Crippen molar-refractivity contribution in [1.82, 2.24) is 9.55 Å². The molecule has 1 aromatic heterocycles. The van der Waals surface area contributed by atoms with E-state index in [1.807, 2.05) is 0 Å². The van der Waals surface area contributed by atoms with Crippen LogP contribution in [0.5, 0.6) is 0 Å². The number of aliphatic hydroxyl groups is 2. The fourth-order valence-corrected chi connectivity index (χ4v) is 1.78. The molecule has 1 aliphatic carbocycles. The highest BCUT2D eigenvalue weighted by Gasteiger charge is 2.55. The number of nitrogens with one attached hydrogen (secondary N) is 1. The van der Waals surface area contributed by atoms with Crippen LogP contribution in [0.4, 0.5) is 0 Å². The molecule has 0 aromatic carbocycles. The summed E-state index contributed by atoms with van der Waals surface area (Å²) in [5.74, 6) is 0. The van der Waals surface area contributed by atoms with E-state index in [4.69, 9.17) is 10.2 Å². The van der Waals surface area contributed by atoms with Crippen LogP contribution in [0.25, 0.3) is 0 Å². The van der Waals surface area contributed by atoms with Gasteiger partial charge in [-0.3, -0.25) is 14.3 Å². The van der Waals surface area contributed by atoms with Gasteiger partial charge in [-0.2, -0.15) is 0 Å². The number of hydrogen-bond acceptors (Lipinski definition) is 4. The van der Waals surface area contributed by atoms with E-state index in [9.17, 15) is 9.59 Å². The lowest BCUT2D eigenvalue weighted by Gasteiger charge is -2.11. The third kappa shape index (κ3) is 1.51. The van der Waals surface area contributed by atoms with E-state index in [-0.39, 0.29) is 19.3 Å². The van der Waals surface area contributed by atoms with Crippen LogP contribution in [0.2, 0.25) is 0 Å². The van der Waals surface area contributed by atoms with Gasteiger partial charge in [0.05, 0.1) is 13.2 Å². The van der Waals surface area contributed by atoms with Gasteiger partial charge in [0.25, 0.3) is 5.56 Å². The number of hydrogen-bond donors (Lipinski definition) is 3. The molecule has 1 aromatic rings. The van der Waals surface area contributed by atoms with E-state index in [0.29, 0.717) is 6.42 Å². The van der Waals surface area contributed by atoms with Crippen molar-refractivity contribution in [1.29, 1.82) is 0 Å². The summed E-state index contributed by atoms with van der Waals surface area (Å²) in [5, 5.41) is 18.2. The first kappa shape index (κ1) is 10.1. The van der Waals surface area contributed by atoms with Crippen molar-refractivity contribution >= 4 is 0 Å². The van der Waals surface area contributed by atoms with Crippen molar-refractivity contribution in [3.8, 4) is 0 Å². The average molecular weight is 212 g/mol. The van der Waals surface area contributed by atoms with Crippen LogP contribution >= 0.6 is 0 Å². The Balaban J connectivity index is 2.34. The predicted octanol–water partition coefficient (Wildman–Crippen LogP) is -1.55. The lowest BCUT2D eigenvalue weighted by Crippen LogP contribution is -2.30. The summed E-state index contributed by atoms with van der Waals surface area (Å²) < 4.78 is 1.34. The molecule has 1 fully saturated rings. The third-order valence-corrected chi connectivity index (χ3v) is 2.96. The number of nitrogens with zero attached hydrogens (tertiary/aromatic N) is 1. The first-order valence-corrected chi connectivity index (χ1v) is 4.66. The summed E-state index contributed by atoms with van der Waals surface area (Å²) in [4.78, 5) is 24.3. The third-order valence-electron chi connectivity index (χ3n) is 2.96. The molecule has 2 rings (SSSR count). The topological polar surface area (TPSA) is 95.3 Å². The molecule has 1 aliphatic rings. The van der Waals surface area contributed by atoms with Gasteiger partial charge in [0.2, 0.25) is 0 Å². The molecule has 15 heavy (non-hydrogen) atoms. The Morgan fingerprint density at radius 2 is 2.13 bits per heavy atom. The predicted molar refractivity (Wildman–Crippen MR) is 51.6 cm³/mol. The van der Waals surface area contributed by atoms with Crippen LogP contribution in [0.3, 0.4) is 0 Å². The zero-order valence-electron chi connectivity index (χ0n) is 8.01. The maximum Gasteiger partial charge on any atom is 0.328 e. The van der Waals surface area contributed by atoms with Crippen molar-refractivity contribution in [2.45, 2.75) is 12.5 Å². The van der Waals surface area contributed by atoms with Crippen LogP contribution in [-0.4, -0.2) is 33.0 Å². The minimum Gasteiger partial charge on any atom is -0.396 e. The SMILES string of the molecule is O=c1ccn(C2CC2(CO)CO)c(=O)[nH]1. The Labute approximate surface area is 84.8 Å². The summed E-state index contributed by atoms with van der Waals surface area (Å²) in [7, 11) is 0. The zero-order chi connectivity index (χ0) is 11.1. The van der Waals surface area contributed by atoms with Gasteiger partial charge in [-0.05, 0) is 6.42 Å². The Morgan fingerprint density at radius 3 is 2.60 bits per heavy atom. The molecule has 6 nitrogen and oxygen atoms in total. The average Bonchev–Trinajstić information content (AvgIpc) is 2.93. The lowest BCUT2D eigenvalue weighted by atomic mass is 10.1. The van der Waals surface area contributed by atoms with E-state index in [1.165, 1.54) is 16.8 Å². The molecule has 1 heterocycles. The number of H-pyrrole nitrogens is 1. The Kier molecular flexibility index (Phi) is 2.24. The number of aromatic amines is 1. The van der Waals surface area contributed by atoms with Crippen LogP contribution in [0, 0.1) is 5.41 Å². The van der Waals surface area contributed by atoms with Gasteiger partial charge in [0.15, 0.2) is 0 Å². The van der Waals surface area contributed by atoms with Crippen molar-refractivity contribution in [2.24, 2.45) is 5.41 Å². The number of rotatable bonds is 3. The second-order valence-electron chi connectivity index (χ2n) is 3.92. The summed E-state index contributed by atoms with van der Waals surface area (Å²) in [6.07, 6.45) is 1.94. The van der Waals surface area contributed by atoms with Crippen molar-refractivity contribution in [3.63, 3.8) is 0 Å². The monoisotopic (exact) mass is 212 g/mol. The smallest absolute Gasteiger partial charge is 0.328 e. The van der Waals surface area contributed by atoms with Gasteiger partial charge in [-0.25, -0.2) is 4.79 Å². The Bertz CT molecular complexity index is 471. The van der Waals surface area contributed by atoms with Gasteiger partial charge < -0.3 is 10.2 Å². The summed E-state index contributed by atoms with van der Waals surface area (Å²) >= 11 is 0. The largest absolute Gasteiger partial charge is 0.396 e. The molecular formula is C9H12N2O4. The molecule has 0 saturated heterocycles. The first-order valence-electron chi connectivity index (χ1n) is 4.66. The highest BCUT2D eigenvalue weighted by atomic mass is 16.3. The molecule has 82 valence electrons. The molecule has 6 heteroatoms. The van der Waals surface area contributed by atoms with Crippen molar-refractivity contribution in [2.75, 3.05) is 13.2 Å². The minimum atomic E-state index is -0.609. The van der Waals surface area contributed by atoms with Crippen molar-refractivity contribution < 1.29 is 10.2 Å². The van der Waals surface area contributed by atoms with E-state index >= 15 is 0 Å². The number of aliphatic hydroxyl groups excluding tert-OH is 2. The van der Waals surface area contributed by atoms with Crippen molar-refractivity contribution in [3.05, 3.63) is 33.1 Å². The second-order valence-corrected chi connectivity index (χ2v) is 3.92. The summed E-state index contributed by atoms with van der Waals surface area (Å²) in [6.45, 7) is -0.334. The number of aromatic nitrogens is 2. The zero-order valence-corrected chi connectivity index (χ0v) is 8.01. The molecule has 1 atom stereocenters. The molecule has 0 bridgehead atoms. The normalized spacial score (nSPS) is 22.7. The quantitative estimate of drug-likeness (QED) is 0.565. The van der Waals surface area contributed by atoms with E-state index < -0.39 is 16.7 Å². The highest BCUT2D eigenvalue weighted by Crippen LogP contribution is 2.54. The van der Waals surface area contributed by atoms with Gasteiger partial charge >= 0.3 is 5.69 Å². The highest BCUT2D eigenvalue weighted by molar-refractivity contribution is 5.07. The molecular weight excluding hydrogens is 200 g/mol. The lowest BCUT2D eigenvalue weighted by molar-refractivity contribution is 0.122. The summed E-state index contributed by atoms with van der Waals surface area (Å²) in [6, 6.07) is 1.02. The van der Waals surface area contributed by atoms with Crippen LogP contribution in [-0.2, 0) is 0 Å². The molecule has 1 unspecified atom stereocenters.